The highest BCUT2D eigenvalue weighted by Crippen LogP contribution is 2.24. The zero-order chi connectivity index (χ0) is 13.6. The van der Waals surface area contributed by atoms with E-state index in [0.29, 0.717) is 0 Å². The molecule has 1 saturated carbocycles. The molecule has 2 nitrogen and oxygen atoms in total. The average Bonchev–Trinajstić information content (AvgIpc) is 3.00. The molecule has 2 heteroatoms. The fourth-order valence-electron chi connectivity index (χ4n) is 3.63. The summed E-state index contributed by atoms with van der Waals surface area (Å²) in [5.74, 6) is 0.894. The standard InChI is InChI=1S/C18H28N2/c1-2-7-16(8-3-1)14-19-18-10-6-9-17(13-18)15-20-11-4-5-12-20/h6,9-10,13,16,19H,1-5,7-8,11-12,14-15H2. The molecule has 0 atom stereocenters. The highest BCUT2D eigenvalue weighted by atomic mass is 15.1. The SMILES string of the molecule is c1cc(CN2CCCC2)cc(NCC2CCCCC2)c1. The lowest BCUT2D eigenvalue weighted by Crippen LogP contribution is -2.19. The number of hydrogen-bond donors (Lipinski definition) is 1. The van der Waals surface area contributed by atoms with Gasteiger partial charge in [-0.3, -0.25) is 4.90 Å². The minimum absolute atomic E-state index is 0.894. The lowest BCUT2D eigenvalue weighted by Gasteiger charge is -2.22. The maximum Gasteiger partial charge on any atom is 0.0343 e. The maximum atomic E-state index is 3.66. The van der Waals surface area contributed by atoms with Crippen LogP contribution >= 0.6 is 0 Å². The summed E-state index contributed by atoms with van der Waals surface area (Å²) in [6, 6.07) is 9.04. The van der Waals surface area contributed by atoms with Crippen molar-refractivity contribution >= 4 is 5.69 Å². The van der Waals surface area contributed by atoms with Crippen molar-refractivity contribution in [3.8, 4) is 0 Å². The number of rotatable bonds is 5. The molecule has 0 radical (unpaired) electrons. The van der Waals surface area contributed by atoms with Crippen LogP contribution in [0.5, 0.6) is 0 Å². The average molecular weight is 272 g/mol. The van der Waals surface area contributed by atoms with Crippen LogP contribution in [0.4, 0.5) is 5.69 Å². The van der Waals surface area contributed by atoms with Crippen molar-refractivity contribution in [1.82, 2.24) is 4.90 Å². The Balaban J connectivity index is 1.50. The molecular weight excluding hydrogens is 244 g/mol. The number of benzene rings is 1. The maximum absolute atomic E-state index is 3.66. The summed E-state index contributed by atoms with van der Waals surface area (Å²) in [5.41, 5.74) is 2.77. The summed E-state index contributed by atoms with van der Waals surface area (Å²) in [7, 11) is 0. The van der Waals surface area contributed by atoms with Crippen molar-refractivity contribution in [3.05, 3.63) is 29.8 Å². The molecule has 1 aromatic carbocycles. The van der Waals surface area contributed by atoms with Gasteiger partial charge in [-0.1, -0.05) is 31.4 Å². The van der Waals surface area contributed by atoms with Crippen LogP contribution in [0, 0.1) is 5.92 Å². The molecule has 1 saturated heterocycles. The first-order valence-electron chi connectivity index (χ1n) is 8.45. The number of likely N-dealkylation sites (tertiary alicyclic amines) is 1. The Morgan fingerprint density at radius 3 is 2.60 bits per heavy atom. The van der Waals surface area contributed by atoms with Crippen molar-refractivity contribution in [1.29, 1.82) is 0 Å². The molecule has 2 aliphatic rings. The summed E-state index contributed by atoms with van der Waals surface area (Å²) in [6.45, 7) is 4.84. The zero-order valence-corrected chi connectivity index (χ0v) is 12.6. The van der Waals surface area contributed by atoms with Crippen LogP contribution in [-0.4, -0.2) is 24.5 Å². The van der Waals surface area contributed by atoms with E-state index in [0.717, 1.165) is 19.0 Å². The predicted molar refractivity (Wildman–Crippen MR) is 86.0 cm³/mol. The van der Waals surface area contributed by atoms with Crippen LogP contribution in [0.3, 0.4) is 0 Å². The molecular formula is C18H28N2. The van der Waals surface area contributed by atoms with E-state index in [1.54, 1.807) is 0 Å². The van der Waals surface area contributed by atoms with Gasteiger partial charge in [-0.05, 0) is 62.4 Å². The van der Waals surface area contributed by atoms with Gasteiger partial charge >= 0.3 is 0 Å². The fourth-order valence-corrected chi connectivity index (χ4v) is 3.63. The highest BCUT2D eigenvalue weighted by molar-refractivity contribution is 5.45. The smallest absolute Gasteiger partial charge is 0.0343 e. The fraction of sp³-hybridized carbons (Fsp3) is 0.667. The van der Waals surface area contributed by atoms with Gasteiger partial charge < -0.3 is 5.32 Å². The molecule has 0 amide bonds. The Labute approximate surface area is 123 Å². The third-order valence-electron chi connectivity index (χ3n) is 4.85. The minimum Gasteiger partial charge on any atom is -0.385 e. The molecule has 2 fully saturated rings. The molecule has 1 aliphatic carbocycles. The second-order valence-electron chi connectivity index (χ2n) is 6.57. The van der Waals surface area contributed by atoms with Gasteiger partial charge in [0.25, 0.3) is 0 Å². The Morgan fingerprint density at radius 1 is 1.00 bits per heavy atom. The molecule has 20 heavy (non-hydrogen) atoms. The normalized spacial score (nSPS) is 21.2. The summed E-state index contributed by atoms with van der Waals surface area (Å²) in [6.07, 6.45) is 9.89. The Bertz CT molecular complexity index is 404. The first kappa shape index (κ1) is 13.9. The molecule has 0 aromatic heterocycles. The summed E-state index contributed by atoms with van der Waals surface area (Å²) < 4.78 is 0. The van der Waals surface area contributed by atoms with Gasteiger partial charge in [-0.25, -0.2) is 0 Å². The summed E-state index contributed by atoms with van der Waals surface area (Å²) in [4.78, 5) is 2.57. The first-order valence-corrected chi connectivity index (χ1v) is 8.45. The van der Waals surface area contributed by atoms with Gasteiger partial charge in [0.1, 0.15) is 0 Å². The van der Waals surface area contributed by atoms with Crippen LogP contribution in [0.15, 0.2) is 24.3 Å². The third kappa shape index (κ3) is 3.99. The minimum atomic E-state index is 0.894. The van der Waals surface area contributed by atoms with Gasteiger partial charge in [0, 0.05) is 18.8 Å². The van der Waals surface area contributed by atoms with Gasteiger partial charge in [0.15, 0.2) is 0 Å². The summed E-state index contributed by atoms with van der Waals surface area (Å²) in [5, 5.41) is 3.66. The lowest BCUT2D eigenvalue weighted by molar-refractivity contribution is 0.331. The van der Waals surface area contributed by atoms with E-state index in [9.17, 15) is 0 Å². The zero-order valence-electron chi connectivity index (χ0n) is 12.6. The van der Waals surface area contributed by atoms with E-state index in [2.05, 4.69) is 34.5 Å². The monoisotopic (exact) mass is 272 g/mol. The van der Waals surface area contributed by atoms with E-state index >= 15 is 0 Å². The van der Waals surface area contributed by atoms with E-state index in [4.69, 9.17) is 0 Å². The first-order chi connectivity index (χ1) is 9.90. The van der Waals surface area contributed by atoms with Crippen molar-refractivity contribution < 1.29 is 0 Å². The van der Waals surface area contributed by atoms with Crippen LogP contribution in [0.2, 0.25) is 0 Å². The molecule has 3 rings (SSSR count). The highest BCUT2D eigenvalue weighted by Gasteiger charge is 2.14. The van der Waals surface area contributed by atoms with Gasteiger partial charge in [0.2, 0.25) is 0 Å². The second kappa shape index (κ2) is 7.12. The van der Waals surface area contributed by atoms with Gasteiger partial charge in [-0.2, -0.15) is 0 Å². The van der Waals surface area contributed by atoms with E-state index in [1.165, 1.54) is 69.3 Å². The third-order valence-corrected chi connectivity index (χ3v) is 4.85. The van der Waals surface area contributed by atoms with Gasteiger partial charge in [-0.15, -0.1) is 0 Å². The van der Waals surface area contributed by atoms with Crippen molar-refractivity contribution in [2.75, 3.05) is 25.0 Å². The Morgan fingerprint density at radius 2 is 1.80 bits per heavy atom. The number of hydrogen-bond acceptors (Lipinski definition) is 2. The van der Waals surface area contributed by atoms with E-state index in [1.807, 2.05) is 0 Å². The van der Waals surface area contributed by atoms with Crippen LogP contribution in [-0.2, 0) is 6.54 Å². The van der Waals surface area contributed by atoms with Crippen molar-refractivity contribution in [3.63, 3.8) is 0 Å². The molecule has 0 bridgehead atoms. The number of anilines is 1. The Hall–Kier alpha value is -1.02. The Kier molecular flexibility index (Phi) is 4.96. The lowest BCUT2D eigenvalue weighted by atomic mass is 9.89. The molecule has 1 aromatic rings. The van der Waals surface area contributed by atoms with Gasteiger partial charge in [0.05, 0.1) is 0 Å². The molecule has 110 valence electrons. The number of nitrogens with zero attached hydrogens (tertiary/aromatic N) is 1. The second-order valence-corrected chi connectivity index (χ2v) is 6.57. The molecule has 0 unspecified atom stereocenters. The predicted octanol–water partition coefficient (Wildman–Crippen LogP) is 4.27. The van der Waals surface area contributed by atoms with Crippen molar-refractivity contribution in [2.45, 2.75) is 51.5 Å². The molecule has 1 N–H and O–H groups in total. The van der Waals surface area contributed by atoms with E-state index < -0.39 is 0 Å². The van der Waals surface area contributed by atoms with Crippen LogP contribution in [0.25, 0.3) is 0 Å². The van der Waals surface area contributed by atoms with E-state index in [-0.39, 0.29) is 0 Å². The quantitative estimate of drug-likeness (QED) is 0.861. The topological polar surface area (TPSA) is 15.3 Å². The molecule has 1 heterocycles. The molecule has 0 spiro atoms. The molecule has 1 aliphatic heterocycles. The van der Waals surface area contributed by atoms with Crippen LogP contribution < -0.4 is 5.32 Å². The number of nitrogens with one attached hydrogen (secondary N) is 1. The largest absolute Gasteiger partial charge is 0.385 e. The van der Waals surface area contributed by atoms with Crippen molar-refractivity contribution in [2.24, 2.45) is 5.92 Å². The summed E-state index contributed by atoms with van der Waals surface area (Å²) >= 11 is 0. The van der Waals surface area contributed by atoms with Crippen LogP contribution in [0.1, 0.15) is 50.5 Å².